The second-order valence-electron chi connectivity index (χ2n) is 4.47. The van der Waals surface area contributed by atoms with Gasteiger partial charge in [0.2, 0.25) is 5.88 Å². The standard InChI is InChI=1S/C14H19N3O/c1-2-16-7-8-18-14-12(10-15)9-11-5-3-4-6-13(11)17-14/h9,16H,2-8H2,1H3. The molecule has 4 heteroatoms. The number of nitrogens with zero attached hydrogens (tertiary/aromatic N) is 2. The molecule has 1 aliphatic carbocycles. The van der Waals surface area contributed by atoms with Crippen LogP contribution in [0.4, 0.5) is 0 Å². The SMILES string of the molecule is CCNCCOc1nc2c(cc1C#N)CCCC2. The van der Waals surface area contributed by atoms with E-state index in [1.54, 1.807) is 0 Å². The monoisotopic (exact) mass is 245 g/mol. The highest BCUT2D eigenvalue weighted by Crippen LogP contribution is 2.25. The molecule has 0 amide bonds. The van der Waals surface area contributed by atoms with E-state index in [4.69, 9.17) is 10.00 Å². The molecular formula is C14H19N3O. The Balaban J connectivity index is 2.11. The molecule has 0 fully saturated rings. The van der Waals surface area contributed by atoms with Crippen molar-refractivity contribution in [2.75, 3.05) is 19.7 Å². The zero-order valence-corrected chi connectivity index (χ0v) is 10.8. The third kappa shape index (κ3) is 2.99. The third-order valence-electron chi connectivity index (χ3n) is 3.15. The summed E-state index contributed by atoms with van der Waals surface area (Å²) in [5.41, 5.74) is 2.89. The summed E-state index contributed by atoms with van der Waals surface area (Å²) in [5, 5.41) is 12.3. The van der Waals surface area contributed by atoms with Crippen LogP contribution in [0.2, 0.25) is 0 Å². The molecule has 0 aromatic carbocycles. The Bertz CT molecular complexity index is 451. The summed E-state index contributed by atoms with van der Waals surface area (Å²) in [6.45, 7) is 4.30. The second kappa shape index (κ2) is 6.36. The first-order valence-electron chi connectivity index (χ1n) is 6.61. The fraction of sp³-hybridized carbons (Fsp3) is 0.571. The van der Waals surface area contributed by atoms with Gasteiger partial charge in [0.15, 0.2) is 0 Å². The first-order chi connectivity index (χ1) is 8.85. The number of nitrogens with one attached hydrogen (secondary N) is 1. The number of nitriles is 1. The van der Waals surface area contributed by atoms with Crippen molar-refractivity contribution >= 4 is 0 Å². The van der Waals surface area contributed by atoms with Crippen molar-refractivity contribution in [3.8, 4) is 11.9 Å². The number of fused-ring (bicyclic) bond motifs is 1. The number of aromatic nitrogens is 1. The number of hydrogen-bond donors (Lipinski definition) is 1. The van der Waals surface area contributed by atoms with Crippen LogP contribution in [-0.4, -0.2) is 24.7 Å². The van der Waals surface area contributed by atoms with Crippen LogP contribution in [0.15, 0.2) is 6.07 Å². The van der Waals surface area contributed by atoms with Crippen molar-refractivity contribution in [1.29, 1.82) is 5.26 Å². The van der Waals surface area contributed by atoms with Crippen molar-refractivity contribution in [3.63, 3.8) is 0 Å². The average molecular weight is 245 g/mol. The Morgan fingerprint density at radius 2 is 2.28 bits per heavy atom. The second-order valence-corrected chi connectivity index (χ2v) is 4.47. The Morgan fingerprint density at radius 3 is 3.06 bits per heavy atom. The molecule has 96 valence electrons. The fourth-order valence-corrected chi connectivity index (χ4v) is 2.20. The summed E-state index contributed by atoms with van der Waals surface area (Å²) in [7, 11) is 0. The van der Waals surface area contributed by atoms with Gasteiger partial charge >= 0.3 is 0 Å². The van der Waals surface area contributed by atoms with E-state index < -0.39 is 0 Å². The number of pyridine rings is 1. The van der Waals surface area contributed by atoms with Crippen molar-refractivity contribution in [3.05, 3.63) is 22.9 Å². The van der Waals surface area contributed by atoms with E-state index in [2.05, 4.69) is 23.3 Å². The minimum absolute atomic E-state index is 0.496. The van der Waals surface area contributed by atoms with E-state index >= 15 is 0 Å². The van der Waals surface area contributed by atoms with Crippen LogP contribution in [0, 0.1) is 11.3 Å². The van der Waals surface area contributed by atoms with E-state index in [1.807, 2.05) is 6.07 Å². The molecule has 1 N–H and O–H groups in total. The van der Waals surface area contributed by atoms with Gasteiger partial charge in [-0.2, -0.15) is 5.26 Å². The summed E-state index contributed by atoms with van der Waals surface area (Å²) < 4.78 is 5.60. The van der Waals surface area contributed by atoms with Gasteiger partial charge < -0.3 is 10.1 Å². The highest BCUT2D eigenvalue weighted by molar-refractivity contribution is 5.43. The van der Waals surface area contributed by atoms with Gasteiger partial charge in [-0.3, -0.25) is 0 Å². The quantitative estimate of drug-likeness (QED) is 0.804. The first kappa shape index (κ1) is 12.8. The Kier molecular flexibility index (Phi) is 4.54. The predicted octanol–water partition coefficient (Wildman–Crippen LogP) is 1.82. The summed E-state index contributed by atoms with van der Waals surface area (Å²) >= 11 is 0. The molecule has 0 atom stereocenters. The van der Waals surface area contributed by atoms with E-state index in [-0.39, 0.29) is 0 Å². The number of aryl methyl sites for hydroxylation is 2. The normalized spacial score (nSPS) is 13.8. The molecule has 0 aliphatic heterocycles. The van der Waals surface area contributed by atoms with Gasteiger partial charge in [0.25, 0.3) is 0 Å². The maximum atomic E-state index is 9.14. The molecule has 0 radical (unpaired) electrons. The minimum Gasteiger partial charge on any atom is -0.475 e. The lowest BCUT2D eigenvalue weighted by molar-refractivity contribution is 0.301. The van der Waals surface area contributed by atoms with Crippen LogP contribution in [0.25, 0.3) is 0 Å². The summed E-state index contributed by atoms with van der Waals surface area (Å²) in [6, 6.07) is 4.13. The Morgan fingerprint density at radius 1 is 1.44 bits per heavy atom. The van der Waals surface area contributed by atoms with Crippen molar-refractivity contribution in [1.82, 2.24) is 10.3 Å². The minimum atomic E-state index is 0.496. The molecule has 1 aromatic heterocycles. The number of rotatable bonds is 5. The molecule has 0 saturated heterocycles. The zero-order valence-electron chi connectivity index (χ0n) is 10.8. The number of ether oxygens (including phenoxy) is 1. The van der Waals surface area contributed by atoms with E-state index in [9.17, 15) is 0 Å². The van der Waals surface area contributed by atoms with E-state index in [1.165, 1.54) is 18.4 Å². The van der Waals surface area contributed by atoms with Crippen molar-refractivity contribution in [2.24, 2.45) is 0 Å². The Hall–Kier alpha value is -1.60. The van der Waals surface area contributed by atoms with Crippen LogP contribution in [0.1, 0.15) is 36.6 Å². The van der Waals surface area contributed by atoms with Gasteiger partial charge in [-0.05, 0) is 43.9 Å². The molecule has 1 aliphatic rings. The lowest BCUT2D eigenvalue weighted by Gasteiger charge is -2.16. The highest BCUT2D eigenvalue weighted by atomic mass is 16.5. The maximum absolute atomic E-state index is 9.14. The van der Waals surface area contributed by atoms with Crippen LogP contribution < -0.4 is 10.1 Å². The summed E-state index contributed by atoms with van der Waals surface area (Å²) in [4.78, 5) is 4.51. The maximum Gasteiger partial charge on any atom is 0.231 e. The molecule has 0 bridgehead atoms. The van der Waals surface area contributed by atoms with Gasteiger partial charge in [0.05, 0.1) is 0 Å². The first-order valence-corrected chi connectivity index (χ1v) is 6.61. The largest absolute Gasteiger partial charge is 0.475 e. The lowest BCUT2D eigenvalue weighted by atomic mass is 9.95. The summed E-state index contributed by atoms with van der Waals surface area (Å²) in [5.74, 6) is 0.496. The van der Waals surface area contributed by atoms with Crippen LogP contribution >= 0.6 is 0 Å². The van der Waals surface area contributed by atoms with Gasteiger partial charge in [-0.15, -0.1) is 0 Å². The molecule has 18 heavy (non-hydrogen) atoms. The van der Waals surface area contributed by atoms with E-state index in [0.717, 1.165) is 31.6 Å². The van der Waals surface area contributed by atoms with Crippen LogP contribution in [-0.2, 0) is 12.8 Å². The molecule has 0 spiro atoms. The average Bonchev–Trinajstić information content (AvgIpc) is 2.42. The molecule has 4 nitrogen and oxygen atoms in total. The fourth-order valence-electron chi connectivity index (χ4n) is 2.20. The molecule has 1 aromatic rings. The van der Waals surface area contributed by atoms with Gasteiger partial charge in [0.1, 0.15) is 18.2 Å². The molecule has 2 rings (SSSR count). The zero-order chi connectivity index (χ0) is 12.8. The summed E-state index contributed by atoms with van der Waals surface area (Å²) in [6.07, 6.45) is 4.42. The van der Waals surface area contributed by atoms with Crippen molar-refractivity contribution < 1.29 is 4.74 Å². The van der Waals surface area contributed by atoms with Crippen LogP contribution in [0.3, 0.4) is 0 Å². The lowest BCUT2D eigenvalue weighted by Crippen LogP contribution is -2.21. The van der Waals surface area contributed by atoms with Gasteiger partial charge in [-0.25, -0.2) is 4.98 Å². The molecular weight excluding hydrogens is 226 g/mol. The molecule has 0 unspecified atom stereocenters. The smallest absolute Gasteiger partial charge is 0.231 e. The van der Waals surface area contributed by atoms with Crippen molar-refractivity contribution in [2.45, 2.75) is 32.6 Å². The van der Waals surface area contributed by atoms with Gasteiger partial charge in [0, 0.05) is 12.2 Å². The molecule has 0 saturated carbocycles. The predicted molar refractivity (Wildman–Crippen MR) is 69.6 cm³/mol. The molecule has 1 heterocycles. The van der Waals surface area contributed by atoms with E-state index in [0.29, 0.717) is 18.1 Å². The number of likely N-dealkylation sites (N-methyl/N-ethyl adjacent to an activating group) is 1. The van der Waals surface area contributed by atoms with Crippen LogP contribution in [0.5, 0.6) is 5.88 Å². The Labute approximate surface area is 108 Å². The third-order valence-corrected chi connectivity index (χ3v) is 3.15. The number of hydrogen-bond acceptors (Lipinski definition) is 4. The van der Waals surface area contributed by atoms with Gasteiger partial charge in [-0.1, -0.05) is 6.92 Å². The topological polar surface area (TPSA) is 57.9 Å². The highest BCUT2D eigenvalue weighted by Gasteiger charge is 2.15.